The van der Waals surface area contributed by atoms with Gasteiger partial charge in [-0.05, 0) is 26.1 Å². The second kappa shape index (κ2) is 7.64. The van der Waals surface area contributed by atoms with Crippen molar-refractivity contribution in [3.05, 3.63) is 48.3 Å². The molecule has 2 aromatic rings. The lowest BCUT2D eigenvalue weighted by molar-refractivity contribution is -0.141. The monoisotopic (exact) mass is 358 g/mol. The van der Waals surface area contributed by atoms with Crippen LogP contribution in [0.25, 0.3) is 0 Å². The number of halogens is 4. The van der Waals surface area contributed by atoms with Crippen LogP contribution < -0.4 is 5.32 Å². The Bertz CT molecular complexity index is 729. The summed E-state index contributed by atoms with van der Waals surface area (Å²) in [5.74, 6) is -0.849. The summed E-state index contributed by atoms with van der Waals surface area (Å²) in [6.45, 7) is 0.466. The summed E-state index contributed by atoms with van der Waals surface area (Å²) < 4.78 is 52.2. The number of amides is 1. The van der Waals surface area contributed by atoms with Crippen molar-refractivity contribution in [1.82, 2.24) is 14.5 Å². The number of imidazole rings is 1. The highest BCUT2D eigenvalue weighted by Gasteiger charge is 2.29. The highest BCUT2D eigenvalue weighted by atomic mass is 19.4. The molecule has 0 aliphatic carbocycles. The number of benzene rings is 1. The standard InChI is InChI=1S/C16H18F4N4O/c1-11(15(25)22-13-6-4-3-5-12(13)17)23(2)9-14-21-7-8-24(14)10-16(18,19)20/h3-8,11H,9-10H2,1-2H3,(H,22,25). The summed E-state index contributed by atoms with van der Waals surface area (Å²) in [4.78, 5) is 17.7. The van der Waals surface area contributed by atoms with E-state index in [1.165, 1.54) is 35.5 Å². The number of nitrogens with zero attached hydrogens (tertiary/aromatic N) is 3. The molecule has 9 heteroatoms. The van der Waals surface area contributed by atoms with E-state index in [1.54, 1.807) is 20.0 Å². The number of carbonyl (C=O) groups excluding carboxylic acids is 1. The molecule has 1 atom stereocenters. The molecule has 2 rings (SSSR count). The molecular formula is C16H18F4N4O. The fourth-order valence-electron chi connectivity index (χ4n) is 2.19. The van der Waals surface area contributed by atoms with Gasteiger partial charge in [-0.15, -0.1) is 0 Å². The summed E-state index contributed by atoms with van der Waals surface area (Å²) in [6.07, 6.45) is -1.85. The Hall–Kier alpha value is -2.42. The Morgan fingerprint density at radius 2 is 2.04 bits per heavy atom. The Labute approximate surface area is 142 Å². The summed E-state index contributed by atoms with van der Waals surface area (Å²) in [5, 5.41) is 2.46. The molecule has 1 amide bonds. The van der Waals surface area contributed by atoms with E-state index in [2.05, 4.69) is 10.3 Å². The van der Waals surface area contributed by atoms with E-state index in [-0.39, 0.29) is 18.1 Å². The van der Waals surface area contributed by atoms with Crippen LogP contribution >= 0.6 is 0 Å². The summed E-state index contributed by atoms with van der Waals surface area (Å²) in [7, 11) is 1.58. The number of para-hydroxylation sites is 1. The van der Waals surface area contributed by atoms with Crippen molar-refractivity contribution < 1.29 is 22.4 Å². The van der Waals surface area contributed by atoms with Gasteiger partial charge in [0.15, 0.2) is 0 Å². The van der Waals surface area contributed by atoms with Crippen molar-refractivity contribution in [3.63, 3.8) is 0 Å². The van der Waals surface area contributed by atoms with Gasteiger partial charge in [-0.1, -0.05) is 12.1 Å². The van der Waals surface area contributed by atoms with Crippen molar-refractivity contribution in [2.75, 3.05) is 12.4 Å². The van der Waals surface area contributed by atoms with Crippen LogP contribution in [0.15, 0.2) is 36.7 Å². The van der Waals surface area contributed by atoms with Gasteiger partial charge in [0, 0.05) is 12.4 Å². The lowest BCUT2D eigenvalue weighted by atomic mass is 10.2. The van der Waals surface area contributed by atoms with Crippen molar-refractivity contribution in [2.45, 2.75) is 32.2 Å². The normalized spacial score (nSPS) is 13.1. The van der Waals surface area contributed by atoms with Gasteiger partial charge < -0.3 is 9.88 Å². The number of aromatic nitrogens is 2. The van der Waals surface area contributed by atoms with Crippen molar-refractivity contribution in [3.8, 4) is 0 Å². The number of anilines is 1. The first-order chi connectivity index (χ1) is 11.7. The van der Waals surface area contributed by atoms with E-state index in [0.717, 1.165) is 4.57 Å². The molecular weight excluding hydrogens is 340 g/mol. The van der Waals surface area contributed by atoms with Crippen molar-refractivity contribution in [1.29, 1.82) is 0 Å². The molecule has 25 heavy (non-hydrogen) atoms. The summed E-state index contributed by atoms with van der Waals surface area (Å²) in [5.41, 5.74) is 0.0475. The molecule has 0 aliphatic heterocycles. The van der Waals surface area contributed by atoms with Crippen LogP contribution in [-0.4, -0.2) is 39.6 Å². The predicted octanol–water partition coefficient (Wildman–Crippen LogP) is 3.04. The third-order valence-corrected chi connectivity index (χ3v) is 3.71. The Morgan fingerprint density at radius 1 is 1.36 bits per heavy atom. The number of hydrogen-bond acceptors (Lipinski definition) is 3. The van der Waals surface area contributed by atoms with E-state index >= 15 is 0 Å². The molecule has 1 aromatic heterocycles. The molecule has 0 spiro atoms. The maximum Gasteiger partial charge on any atom is 0.406 e. The van der Waals surface area contributed by atoms with Gasteiger partial charge in [0.25, 0.3) is 0 Å². The topological polar surface area (TPSA) is 50.2 Å². The van der Waals surface area contributed by atoms with Gasteiger partial charge in [-0.3, -0.25) is 9.69 Å². The van der Waals surface area contributed by atoms with Crippen LogP contribution in [0.2, 0.25) is 0 Å². The van der Waals surface area contributed by atoms with Crippen molar-refractivity contribution in [2.24, 2.45) is 0 Å². The van der Waals surface area contributed by atoms with Gasteiger partial charge in [0.05, 0.1) is 18.3 Å². The lowest BCUT2D eigenvalue weighted by Gasteiger charge is -2.24. The van der Waals surface area contributed by atoms with Crippen LogP contribution in [-0.2, 0) is 17.9 Å². The number of hydrogen-bond donors (Lipinski definition) is 1. The summed E-state index contributed by atoms with van der Waals surface area (Å²) in [6, 6.07) is 5.03. The van der Waals surface area contributed by atoms with Gasteiger partial charge in [0.2, 0.25) is 5.91 Å². The van der Waals surface area contributed by atoms with E-state index < -0.39 is 30.5 Å². The molecule has 0 radical (unpaired) electrons. The molecule has 0 saturated carbocycles. The van der Waals surface area contributed by atoms with E-state index in [9.17, 15) is 22.4 Å². The maximum absolute atomic E-state index is 13.6. The molecule has 136 valence electrons. The third kappa shape index (κ3) is 5.28. The molecule has 1 unspecified atom stereocenters. The predicted molar refractivity (Wildman–Crippen MR) is 84.2 cm³/mol. The molecule has 5 nitrogen and oxygen atoms in total. The van der Waals surface area contributed by atoms with Crippen LogP contribution in [0.1, 0.15) is 12.7 Å². The third-order valence-electron chi connectivity index (χ3n) is 3.71. The minimum Gasteiger partial charge on any atom is -0.325 e. The molecule has 1 heterocycles. The number of rotatable bonds is 6. The zero-order chi connectivity index (χ0) is 18.6. The Kier molecular flexibility index (Phi) is 5.78. The number of nitrogens with one attached hydrogen (secondary N) is 1. The van der Waals surface area contributed by atoms with Gasteiger partial charge in [0.1, 0.15) is 18.2 Å². The summed E-state index contributed by atoms with van der Waals surface area (Å²) >= 11 is 0. The minimum absolute atomic E-state index is 0.0366. The average molecular weight is 358 g/mol. The fraction of sp³-hybridized carbons (Fsp3) is 0.375. The largest absolute Gasteiger partial charge is 0.406 e. The SMILES string of the molecule is CC(C(=O)Nc1ccccc1F)N(C)Cc1nccn1CC(F)(F)F. The number of carbonyl (C=O) groups is 1. The second-order valence-corrected chi connectivity index (χ2v) is 5.65. The minimum atomic E-state index is -4.36. The van der Waals surface area contributed by atoms with Crippen LogP contribution in [0, 0.1) is 5.82 Å². The van der Waals surface area contributed by atoms with E-state index in [1.807, 2.05) is 0 Å². The zero-order valence-electron chi connectivity index (χ0n) is 13.7. The molecule has 0 saturated heterocycles. The maximum atomic E-state index is 13.6. The van der Waals surface area contributed by atoms with Crippen LogP contribution in [0.3, 0.4) is 0 Å². The highest BCUT2D eigenvalue weighted by molar-refractivity contribution is 5.94. The fourth-order valence-corrected chi connectivity index (χ4v) is 2.19. The first-order valence-electron chi connectivity index (χ1n) is 7.50. The zero-order valence-corrected chi connectivity index (χ0v) is 13.7. The lowest BCUT2D eigenvalue weighted by Crippen LogP contribution is -2.40. The molecule has 0 bridgehead atoms. The highest BCUT2D eigenvalue weighted by Crippen LogP contribution is 2.19. The van der Waals surface area contributed by atoms with E-state index in [4.69, 9.17) is 0 Å². The van der Waals surface area contributed by atoms with Gasteiger partial charge in [-0.25, -0.2) is 9.37 Å². The number of likely N-dealkylation sites (N-methyl/N-ethyl adjacent to an activating group) is 1. The van der Waals surface area contributed by atoms with E-state index in [0.29, 0.717) is 0 Å². The molecule has 1 N–H and O–H groups in total. The molecule has 0 fully saturated rings. The van der Waals surface area contributed by atoms with Crippen LogP contribution in [0.5, 0.6) is 0 Å². The number of alkyl halides is 3. The van der Waals surface area contributed by atoms with Crippen LogP contribution in [0.4, 0.5) is 23.2 Å². The molecule has 0 aliphatic rings. The van der Waals surface area contributed by atoms with Crippen molar-refractivity contribution >= 4 is 11.6 Å². The Morgan fingerprint density at radius 3 is 2.68 bits per heavy atom. The molecule has 1 aromatic carbocycles. The smallest absolute Gasteiger partial charge is 0.325 e. The average Bonchev–Trinajstić information content (AvgIpc) is 2.93. The Balaban J connectivity index is 2.01. The first kappa shape index (κ1) is 18.9. The quantitative estimate of drug-likeness (QED) is 0.808. The van der Waals surface area contributed by atoms with Gasteiger partial charge in [-0.2, -0.15) is 13.2 Å². The second-order valence-electron chi connectivity index (χ2n) is 5.65. The van der Waals surface area contributed by atoms with Gasteiger partial charge >= 0.3 is 6.18 Å². The first-order valence-corrected chi connectivity index (χ1v) is 7.50.